The summed E-state index contributed by atoms with van der Waals surface area (Å²) in [5.74, 6) is 0.209. The fourth-order valence-corrected chi connectivity index (χ4v) is 4.40. The molecule has 142 valence electrons. The second-order valence-electron chi connectivity index (χ2n) is 6.56. The van der Waals surface area contributed by atoms with E-state index in [1.54, 1.807) is 6.08 Å². The van der Waals surface area contributed by atoms with Crippen molar-refractivity contribution in [2.24, 2.45) is 0 Å². The van der Waals surface area contributed by atoms with Crippen molar-refractivity contribution in [3.63, 3.8) is 0 Å². The number of nitrogens with one attached hydrogen (secondary N) is 2. The molecule has 0 fully saturated rings. The van der Waals surface area contributed by atoms with Gasteiger partial charge in [0.15, 0.2) is 6.61 Å². The molecule has 2 aromatic rings. The van der Waals surface area contributed by atoms with Gasteiger partial charge in [0.05, 0.1) is 5.56 Å². The molecule has 5 nitrogen and oxygen atoms in total. The van der Waals surface area contributed by atoms with Gasteiger partial charge in [-0.25, -0.2) is 0 Å². The number of benzene rings is 1. The van der Waals surface area contributed by atoms with E-state index in [1.807, 2.05) is 31.2 Å². The van der Waals surface area contributed by atoms with Crippen LogP contribution in [0.15, 0.2) is 36.9 Å². The summed E-state index contributed by atoms with van der Waals surface area (Å²) < 4.78 is 5.54. The van der Waals surface area contributed by atoms with Gasteiger partial charge in [-0.2, -0.15) is 0 Å². The van der Waals surface area contributed by atoms with Crippen LogP contribution in [0, 0.1) is 6.92 Å². The first kappa shape index (κ1) is 19.2. The Labute approximate surface area is 163 Å². The molecular formula is C21H24N2O3S. The number of fused-ring (bicyclic) bond motifs is 1. The normalized spacial score (nSPS) is 12.8. The number of carbonyl (C=O) groups excluding carboxylic acids is 2. The molecule has 0 saturated heterocycles. The number of rotatable bonds is 7. The number of hydrogen-bond donors (Lipinski definition) is 2. The zero-order chi connectivity index (χ0) is 19.2. The predicted molar refractivity (Wildman–Crippen MR) is 109 cm³/mol. The van der Waals surface area contributed by atoms with Gasteiger partial charge in [0.25, 0.3) is 11.8 Å². The summed E-state index contributed by atoms with van der Waals surface area (Å²) in [6.45, 7) is 5.92. The molecule has 1 aromatic carbocycles. The third kappa shape index (κ3) is 4.77. The van der Waals surface area contributed by atoms with E-state index < -0.39 is 0 Å². The molecule has 2 amide bonds. The van der Waals surface area contributed by atoms with Gasteiger partial charge < -0.3 is 15.4 Å². The molecule has 0 radical (unpaired) electrons. The van der Waals surface area contributed by atoms with Gasteiger partial charge in [0.2, 0.25) is 0 Å². The lowest BCUT2D eigenvalue weighted by atomic mass is 9.95. The van der Waals surface area contributed by atoms with Crippen LogP contribution in [0.5, 0.6) is 5.75 Å². The predicted octanol–water partition coefficient (Wildman–Crippen LogP) is 3.87. The number of anilines is 1. The first-order valence-corrected chi connectivity index (χ1v) is 9.93. The van der Waals surface area contributed by atoms with Crippen LogP contribution in [0.2, 0.25) is 0 Å². The molecule has 6 heteroatoms. The monoisotopic (exact) mass is 384 g/mol. The van der Waals surface area contributed by atoms with Crippen LogP contribution in [0.25, 0.3) is 0 Å². The highest BCUT2D eigenvalue weighted by molar-refractivity contribution is 7.17. The van der Waals surface area contributed by atoms with Gasteiger partial charge in [-0.05, 0) is 50.3 Å². The van der Waals surface area contributed by atoms with Gasteiger partial charge in [-0.1, -0.05) is 23.8 Å². The molecule has 27 heavy (non-hydrogen) atoms. The van der Waals surface area contributed by atoms with E-state index in [0.717, 1.165) is 36.8 Å². The molecule has 0 atom stereocenters. The molecule has 0 unspecified atom stereocenters. The Balaban J connectivity index is 1.71. The number of thiophene rings is 1. The largest absolute Gasteiger partial charge is 0.484 e. The summed E-state index contributed by atoms with van der Waals surface area (Å²) in [4.78, 5) is 26.2. The van der Waals surface area contributed by atoms with Crippen LogP contribution < -0.4 is 15.4 Å². The van der Waals surface area contributed by atoms with Crippen LogP contribution in [-0.4, -0.2) is 25.0 Å². The summed E-state index contributed by atoms with van der Waals surface area (Å²) >= 11 is 1.50. The molecule has 1 aliphatic carbocycles. The molecule has 0 saturated carbocycles. The Morgan fingerprint density at radius 2 is 1.96 bits per heavy atom. The van der Waals surface area contributed by atoms with Crippen molar-refractivity contribution in [3.8, 4) is 5.75 Å². The third-order valence-corrected chi connectivity index (χ3v) is 5.66. The zero-order valence-corrected chi connectivity index (χ0v) is 16.3. The highest BCUT2D eigenvalue weighted by Gasteiger charge is 2.26. The average molecular weight is 385 g/mol. The average Bonchev–Trinajstić information content (AvgIpc) is 3.03. The van der Waals surface area contributed by atoms with Crippen molar-refractivity contribution in [1.29, 1.82) is 0 Å². The second-order valence-corrected chi connectivity index (χ2v) is 7.67. The molecular weight excluding hydrogens is 360 g/mol. The SMILES string of the molecule is C=CCNC(=O)c1c(NC(=O)COc2ccc(C)cc2)sc2c1CCCC2. The summed E-state index contributed by atoms with van der Waals surface area (Å²) in [5, 5.41) is 6.32. The Hall–Kier alpha value is -2.60. The summed E-state index contributed by atoms with van der Waals surface area (Å²) in [6, 6.07) is 7.53. The van der Waals surface area contributed by atoms with Crippen LogP contribution in [0.1, 0.15) is 39.2 Å². The summed E-state index contributed by atoms with van der Waals surface area (Å²) in [6.07, 6.45) is 5.65. The highest BCUT2D eigenvalue weighted by Crippen LogP contribution is 2.38. The fourth-order valence-electron chi connectivity index (χ4n) is 3.09. The Bertz CT molecular complexity index is 840. The van der Waals surface area contributed by atoms with Crippen molar-refractivity contribution in [2.45, 2.75) is 32.6 Å². The van der Waals surface area contributed by atoms with Crippen LogP contribution in [0.3, 0.4) is 0 Å². The van der Waals surface area contributed by atoms with Gasteiger partial charge in [-0.15, -0.1) is 17.9 Å². The number of carbonyl (C=O) groups is 2. The van der Waals surface area contributed by atoms with E-state index in [1.165, 1.54) is 16.2 Å². The van der Waals surface area contributed by atoms with E-state index >= 15 is 0 Å². The maximum atomic E-state index is 12.6. The topological polar surface area (TPSA) is 67.4 Å². The molecule has 0 spiro atoms. The van der Waals surface area contributed by atoms with E-state index in [0.29, 0.717) is 22.9 Å². The lowest BCUT2D eigenvalue weighted by molar-refractivity contribution is -0.118. The Morgan fingerprint density at radius 3 is 2.70 bits per heavy atom. The number of hydrogen-bond acceptors (Lipinski definition) is 4. The lowest BCUT2D eigenvalue weighted by Gasteiger charge is -2.13. The molecule has 1 heterocycles. The quantitative estimate of drug-likeness (QED) is 0.712. The van der Waals surface area contributed by atoms with E-state index in [2.05, 4.69) is 17.2 Å². The number of amides is 2. The Kier molecular flexibility index (Phi) is 6.29. The molecule has 1 aliphatic rings. The molecule has 0 bridgehead atoms. The lowest BCUT2D eigenvalue weighted by Crippen LogP contribution is -2.26. The minimum absolute atomic E-state index is 0.0979. The third-order valence-electron chi connectivity index (χ3n) is 4.45. The van der Waals surface area contributed by atoms with Gasteiger partial charge in [-0.3, -0.25) is 9.59 Å². The maximum absolute atomic E-state index is 12.6. The molecule has 2 N–H and O–H groups in total. The van der Waals surface area contributed by atoms with E-state index in [4.69, 9.17) is 4.74 Å². The molecule has 1 aromatic heterocycles. The smallest absolute Gasteiger partial charge is 0.262 e. The van der Waals surface area contributed by atoms with Crippen molar-refractivity contribution in [2.75, 3.05) is 18.5 Å². The minimum atomic E-state index is -0.271. The van der Waals surface area contributed by atoms with Crippen LogP contribution >= 0.6 is 11.3 Å². The summed E-state index contributed by atoms with van der Waals surface area (Å²) in [7, 11) is 0. The zero-order valence-electron chi connectivity index (χ0n) is 15.5. The standard InChI is InChI=1S/C21H24N2O3S/c1-3-12-22-20(25)19-16-6-4-5-7-17(16)27-21(19)23-18(24)13-26-15-10-8-14(2)9-11-15/h3,8-11H,1,4-7,12-13H2,2H3,(H,22,25)(H,23,24). The van der Waals surface area contributed by atoms with Crippen LogP contribution in [0.4, 0.5) is 5.00 Å². The van der Waals surface area contributed by atoms with Crippen LogP contribution in [-0.2, 0) is 17.6 Å². The van der Waals surface area contributed by atoms with Crippen molar-refractivity contribution in [3.05, 3.63) is 58.5 Å². The van der Waals surface area contributed by atoms with Crippen molar-refractivity contribution >= 4 is 28.2 Å². The van der Waals surface area contributed by atoms with E-state index in [9.17, 15) is 9.59 Å². The molecule has 3 rings (SSSR count). The Morgan fingerprint density at radius 1 is 1.22 bits per heavy atom. The first-order valence-electron chi connectivity index (χ1n) is 9.11. The van der Waals surface area contributed by atoms with Crippen molar-refractivity contribution in [1.82, 2.24) is 5.32 Å². The van der Waals surface area contributed by atoms with Gasteiger partial charge in [0.1, 0.15) is 10.8 Å². The van der Waals surface area contributed by atoms with Gasteiger partial charge >= 0.3 is 0 Å². The fraction of sp³-hybridized carbons (Fsp3) is 0.333. The second kappa shape index (κ2) is 8.86. The maximum Gasteiger partial charge on any atom is 0.262 e. The van der Waals surface area contributed by atoms with E-state index in [-0.39, 0.29) is 18.4 Å². The highest BCUT2D eigenvalue weighted by atomic mass is 32.1. The van der Waals surface area contributed by atoms with Crippen molar-refractivity contribution < 1.29 is 14.3 Å². The number of aryl methyl sites for hydroxylation is 2. The molecule has 0 aliphatic heterocycles. The minimum Gasteiger partial charge on any atom is -0.484 e. The van der Waals surface area contributed by atoms with Gasteiger partial charge in [0, 0.05) is 11.4 Å². The first-order chi connectivity index (χ1) is 13.1. The number of ether oxygens (including phenoxy) is 1. The summed E-state index contributed by atoms with van der Waals surface area (Å²) in [5.41, 5.74) is 2.80.